The normalized spacial score (nSPS) is 18.1. The second kappa shape index (κ2) is 11.0. The molecule has 3 aliphatic heterocycles. The Kier molecular flexibility index (Phi) is 7.36. The third-order valence-corrected chi connectivity index (χ3v) is 6.97. The number of hydrogen-bond donors (Lipinski definition) is 1. The zero-order chi connectivity index (χ0) is 25.8. The standard InChI is InChI=1S/C27H27N5O4S/c1-18-5-4-6-21(15-18)36-14-13-35-20-9-7-19(8-10-20)16-22-25(28)32-27(29-26(22)34)37-23(30-32)17-24(33)31-11-2-3-12-31/h4-10,15-16,28H,2-3,11-14,17H2,1H3. The Balaban J connectivity index is 1.18. The van der Waals surface area contributed by atoms with Gasteiger partial charge in [0.2, 0.25) is 11.1 Å². The molecule has 3 aliphatic rings. The van der Waals surface area contributed by atoms with E-state index in [9.17, 15) is 9.59 Å². The van der Waals surface area contributed by atoms with Crippen LogP contribution in [-0.4, -0.2) is 64.1 Å². The number of hydrazone groups is 1. The average molecular weight is 518 g/mol. The lowest BCUT2D eigenvalue weighted by Crippen LogP contribution is -2.35. The number of rotatable bonds is 8. The van der Waals surface area contributed by atoms with E-state index < -0.39 is 5.91 Å². The van der Waals surface area contributed by atoms with Crippen LogP contribution in [0.1, 0.15) is 30.4 Å². The van der Waals surface area contributed by atoms with Crippen molar-refractivity contribution < 1.29 is 19.1 Å². The number of nitrogens with one attached hydrogen (secondary N) is 1. The van der Waals surface area contributed by atoms with E-state index in [1.165, 1.54) is 16.8 Å². The van der Waals surface area contributed by atoms with Crippen LogP contribution in [-0.2, 0) is 9.59 Å². The monoisotopic (exact) mass is 517 g/mol. The molecule has 2 aromatic carbocycles. The highest BCUT2D eigenvalue weighted by molar-refractivity contribution is 8.27. The Morgan fingerprint density at radius 3 is 2.54 bits per heavy atom. The van der Waals surface area contributed by atoms with Gasteiger partial charge in [-0.05, 0) is 73.0 Å². The number of aryl methyl sites for hydroxylation is 1. The van der Waals surface area contributed by atoms with Crippen molar-refractivity contribution in [1.29, 1.82) is 5.41 Å². The van der Waals surface area contributed by atoms with E-state index in [-0.39, 0.29) is 23.7 Å². The number of benzene rings is 2. The predicted octanol–water partition coefficient (Wildman–Crippen LogP) is 4.08. The van der Waals surface area contributed by atoms with Crippen molar-refractivity contribution in [2.75, 3.05) is 26.3 Å². The summed E-state index contributed by atoms with van der Waals surface area (Å²) in [6.45, 7) is 4.37. The van der Waals surface area contributed by atoms with Crippen LogP contribution in [0.3, 0.4) is 0 Å². The molecule has 1 fully saturated rings. The molecule has 0 aliphatic carbocycles. The van der Waals surface area contributed by atoms with Gasteiger partial charge in [-0.3, -0.25) is 15.0 Å². The first-order valence-corrected chi connectivity index (χ1v) is 13.0. The molecule has 9 nitrogen and oxygen atoms in total. The summed E-state index contributed by atoms with van der Waals surface area (Å²) in [6, 6.07) is 15.1. The number of carbonyl (C=O) groups is 2. The summed E-state index contributed by atoms with van der Waals surface area (Å²) in [5, 5.41) is 15.1. The molecular weight excluding hydrogens is 490 g/mol. The summed E-state index contributed by atoms with van der Waals surface area (Å²) in [4.78, 5) is 31.1. The lowest BCUT2D eigenvalue weighted by molar-refractivity contribution is -0.128. The van der Waals surface area contributed by atoms with Crippen molar-refractivity contribution in [1.82, 2.24) is 9.91 Å². The molecule has 10 heteroatoms. The summed E-state index contributed by atoms with van der Waals surface area (Å²) in [7, 11) is 0. The first-order valence-electron chi connectivity index (χ1n) is 12.2. The minimum absolute atomic E-state index is 0.0156. The number of hydrogen-bond acceptors (Lipinski definition) is 7. The molecule has 0 atom stereocenters. The smallest absolute Gasteiger partial charge is 0.283 e. The predicted molar refractivity (Wildman–Crippen MR) is 144 cm³/mol. The molecule has 3 heterocycles. The van der Waals surface area contributed by atoms with Crippen LogP contribution in [0.25, 0.3) is 6.08 Å². The number of ether oxygens (including phenoxy) is 2. The molecule has 2 aromatic rings. The molecule has 0 spiro atoms. The molecule has 0 radical (unpaired) electrons. The van der Waals surface area contributed by atoms with Crippen molar-refractivity contribution >= 4 is 45.7 Å². The minimum Gasteiger partial charge on any atom is -0.490 e. The Morgan fingerprint density at radius 2 is 1.81 bits per heavy atom. The molecule has 0 bridgehead atoms. The number of amidine groups is 2. The zero-order valence-corrected chi connectivity index (χ0v) is 21.3. The zero-order valence-electron chi connectivity index (χ0n) is 20.5. The molecule has 1 N–H and O–H groups in total. The Bertz CT molecular complexity index is 1310. The summed E-state index contributed by atoms with van der Waals surface area (Å²) in [5.41, 5.74) is 2.01. The average Bonchev–Trinajstić information content (AvgIpc) is 3.56. The van der Waals surface area contributed by atoms with Gasteiger partial charge in [0.25, 0.3) is 5.91 Å². The van der Waals surface area contributed by atoms with Gasteiger partial charge in [0, 0.05) is 13.1 Å². The SMILES string of the molecule is Cc1cccc(OCCOc2ccc(C=C3C(=N)N4N=C(CC(=O)N5CCCC5)SC4=NC3=O)cc2)c1. The van der Waals surface area contributed by atoms with Crippen molar-refractivity contribution in [3.05, 3.63) is 65.2 Å². The van der Waals surface area contributed by atoms with Gasteiger partial charge in [0.15, 0.2) is 5.84 Å². The summed E-state index contributed by atoms with van der Waals surface area (Å²) < 4.78 is 11.4. The van der Waals surface area contributed by atoms with E-state index in [4.69, 9.17) is 14.9 Å². The van der Waals surface area contributed by atoms with Crippen LogP contribution in [0.15, 0.2) is 64.2 Å². The number of nitrogens with zero attached hydrogens (tertiary/aromatic N) is 4. The maximum absolute atomic E-state index is 12.7. The number of carbonyl (C=O) groups excluding carboxylic acids is 2. The molecule has 0 saturated carbocycles. The van der Waals surface area contributed by atoms with E-state index in [1.54, 1.807) is 18.2 Å². The summed E-state index contributed by atoms with van der Waals surface area (Å²) in [5.74, 6) is 0.941. The van der Waals surface area contributed by atoms with Crippen molar-refractivity contribution in [2.24, 2.45) is 10.1 Å². The maximum Gasteiger partial charge on any atom is 0.283 e. The number of amides is 2. The first kappa shape index (κ1) is 24.8. The molecular formula is C27H27N5O4S. The topological polar surface area (TPSA) is 108 Å². The first-order chi connectivity index (χ1) is 18.0. The highest BCUT2D eigenvalue weighted by Crippen LogP contribution is 2.30. The second-order valence-corrected chi connectivity index (χ2v) is 9.90. The number of thioether (sulfide) groups is 1. The van der Waals surface area contributed by atoms with Crippen molar-refractivity contribution in [3.8, 4) is 11.5 Å². The quantitative estimate of drug-likeness (QED) is 0.418. The van der Waals surface area contributed by atoms with Gasteiger partial charge in [-0.1, -0.05) is 24.3 Å². The van der Waals surface area contributed by atoms with E-state index in [2.05, 4.69) is 10.1 Å². The third kappa shape index (κ3) is 5.91. The van der Waals surface area contributed by atoms with Crippen molar-refractivity contribution in [3.63, 3.8) is 0 Å². The van der Waals surface area contributed by atoms with Gasteiger partial charge in [0.1, 0.15) is 29.8 Å². The summed E-state index contributed by atoms with van der Waals surface area (Å²) >= 11 is 1.17. The lowest BCUT2D eigenvalue weighted by atomic mass is 10.1. The second-order valence-electron chi connectivity index (χ2n) is 8.86. The van der Waals surface area contributed by atoms with Gasteiger partial charge in [-0.25, -0.2) is 0 Å². The van der Waals surface area contributed by atoms with Gasteiger partial charge in [-0.2, -0.15) is 15.1 Å². The third-order valence-electron chi connectivity index (χ3n) is 6.06. The van der Waals surface area contributed by atoms with Crippen molar-refractivity contribution in [2.45, 2.75) is 26.2 Å². The minimum atomic E-state index is -0.500. The molecule has 5 rings (SSSR count). The fourth-order valence-electron chi connectivity index (χ4n) is 4.16. The molecule has 2 amide bonds. The van der Waals surface area contributed by atoms with E-state index in [0.29, 0.717) is 29.2 Å². The van der Waals surface area contributed by atoms with Crippen LogP contribution in [0.2, 0.25) is 0 Å². The number of fused-ring (bicyclic) bond motifs is 1. The molecule has 190 valence electrons. The van der Waals surface area contributed by atoms with Crippen LogP contribution in [0.4, 0.5) is 0 Å². The van der Waals surface area contributed by atoms with Crippen LogP contribution in [0, 0.1) is 12.3 Å². The maximum atomic E-state index is 12.7. The van der Waals surface area contributed by atoms with Gasteiger partial charge in [-0.15, -0.1) is 0 Å². The Morgan fingerprint density at radius 1 is 1.08 bits per heavy atom. The van der Waals surface area contributed by atoms with E-state index in [1.807, 2.05) is 48.2 Å². The lowest BCUT2D eigenvalue weighted by Gasteiger charge is -2.20. The largest absolute Gasteiger partial charge is 0.490 e. The fourth-order valence-corrected chi connectivity index (χ4v) is 5.04. The summed E-state index contributed by atoms with van der Waals surface area (Å²) in [6.07, 6.45) is 3.81. The molecule has 0 unspecified atom stereocenters. The van der Waals surface area contributed by atoms with Crippen LogP contribution < -0.4 is 9.47 Å². The molecule has 37 heavy (non-hydrogen) atoms. The Labute approximate surface area is 219 Å². The number of likely N-dealkylation sites (tertiary alicyclic amines) is 1. The molecule has 0 aromatic heterocycles. The van der Waals surface area contributed by atoms with Crippen LogP contribution >= 0.6 is 11.8 Å². The Hall–Kier alpha value is -3.92. The highest BCUT2D eigenvalue weighted by Gasteiger charge is 2.36. The van der Waals surface area contributed by atoms with Gasteiger partial charge < -0.3 is 14.4 Å². The van der Waals surface area contributed by atoms with Gasteiger partial charge in [0.05, 0.1) is 12.0 Å². The molecule has 1 saturated heterocycles. The van der Waals surface area contributed by atoms with E-state index in [0.717, 1.165) is 42.8 Å². The van der Waals surface area contributed by atoms with Crippen LogP contribution in [0.5, 0.6) is 11.5 Å². The number of aliphatic imine (C=N–C) groups is 1. The van der Waals surface area contributed by atoms with Gasteiger partial charge >= 0.3 is 0 Å². The highest BCUT2D eigenvalue weighted by atomic mass is 32.2. The van der Waals surface area contributed by atoms with E-state index >= 15 is 0 Å². The fraction of sp³-hybridized carbons (Fsp3) is 0.296.